The molecule has 1 fully saturated rings. The van der Waals surface area contributed by atoms with Gasteiger partial charge in [0.05, 0.1) is 5.69 Å². The maximum absolute atomic E-state index is 12.3. The van der Waals surface area contributed by atoms with Crippen LogP contribution in [-0.4, -0.2) is 33.4 Å². The average molecular weight is 300 g/mol. The number of rotatable bonds is 4. The summed E-state index contributed by atoms with van der Waals surface area (Å²) in [7, 11) is 0. The van der Waals surface area contributed by atoms with Gasteiger partial charge in [-0.25, -0.2) is 4.98 Å². The van der Waals surface area contributed by atoms with Crippen molar-refractivity contribution in [2.24, 2.45) is 5.73 Å². The van der Waals surface area contributed by atoms with Gasteiger partial charge < -0.3 is 5.73 Å². The van der Waals surface area contributed by atoms with Gasteiger partial charge in [0.25, 0.3) is 5.56 Å². The van der Waals surface area contributed by atoms with Crippen LogP contribution in [0.25, 0.3) is 5.65 Å². The summed E-state index contributed by atoms with van der Waals surface area (Å²) in [6, 6.07) is 6.09. The van der Waals surface area contributed by atoms with E-state index >= 15 is 0 Å². The second-order valence-corrected chi connectivity index (χ2v) is 6.22. The molecule has 2 aromatic heterocycles. The first kappa shape index (κ1) is 15.2. The van der Waals surface area contributed by atoms with E-state index in [1.54, 1.807) is 10.5 Å². The highest BCUT2D eigenvalue weighted by atomic mass is 16.1. The molecule has 0 amide bonds. The van der Waals surface area contributed by atoms with Gasteiger partial charge in [-0.3, -0.25) is 14.1 Å². The molecular weight excluding hydrogens is 276 g/mol. The number of nitrogens with two attached hydrogens (primary N) is 1. The van der Waals surface area contributed by atoms with Crippen molar-refractivity contribution in [3.05, 3.63) is 46.0 Å². The zero-order valence-electron chi connectivity index (χ0n) is 13.2. The molecule has 2 aromatic rings. The Hall–Kier alpha value is -1.72. The van der Waals surface area contributed by atoms with Crippen molar-refractivity contribution in [2.75, 3.05) is 13.1 Å². The highest BCUT2D eigenvalue weighted by molar-refractivity contribution is 5.39. The highest BCUT2D eigenvalue weighted by Crippen LogP contribution is 2.21. The summed E-state index contributed by atoms with van der Waals surface area (Å²) < 4.78 is 1.62. The van der Waals surface area contributed by atoms with E-state index in [2.05, 4.69) is 9.88 Å². The Balaban J connectivity index is 1.87. The van der Waals surface area contributed by atoms with Gasteiger partial charge in [0, 0.05) is 24.8 Å². The minimum absolute atomic E-state index is 0.00363. The van der Waals surface area contributed by atoms with Gasteiger partial charge >= 0.3 is 0 Å². The molecule has 0 bridgehead atoms. The number of nitrogens with zero attached hydrogens (tertiary/aromatic N) is 3. The maximum Gasteiger partial charge on any atom is 0.258 e. The van der Waals surface area contributed by atoms with Crippen LogP contribution in [0.3, 0.4) is 0 Å². The third kappa shape index (κ3) is 3.20. The molecule has 0 unspecified atom stereocenters. The topological polar surface area (TPSA) is 63.6 Å². The van der Waals surface area contributed by atoms with Crippen LogP contribution in [0.5, 0.6) is 0 Å². The van der Waals surface area contributed by atoms with Gasteiger partial charge in [0.2, 0.25) is 0 Å². The van der Waals surface area contributed by atoms with Crippen molar-refractivity contribution < 1.29 is 0 Å². The molecule has 22 heavy (non-hydrogen) atoms. The Kier molecular flexibility index (Phi) is 4.55. The number of hydrogen-bond donors (Lipinski definition) is 1. The van der Waals surface area contributed by atoms with E-state index in [1.807, 2.05) is 25.3 Å². The summed E-state index contributed by atoms with van der Waals surface area (Å²) >= 11 is 0. The number of pyridine rings is 1. The van der Waals surface area contributed by atoms with Gasteiger partial charge in [0.15, 0.2) is 0 Å². The van der Waals surface area contributed by atoms with E-state index in [-0.39, 0.29) is 5.56 Å². The quantitative estimate of drug-likeness (QED) is 0.933. The highest BCUT2D eigenvalue weighted by Gasteiger charge is 2.22. The van der Waals surface area contributed by atoms with E-state index in [0.717, 1.165) is 36.4 Å². The van der Waals surface area contributed by atoms with Crippen LogP contribution >= 0.6 is 0 Å². The number of likely N-dealkylation sites (tertiary alicyclic amines) is 1. The van der Waals surface area contributed by atoms with Crippen molar-refractivity contribution in [2.45, 2.75) is 45.2 Å². The average Bonchev–Trinajstić information content (AvgIpc) is 2.50. The monoisotopic (exact) mass is 300 g/mol. The second-order valence-electron chi connectivity index (χ2n) is 6.22. The molecule has 1 aliphatic heterocycles. The minimum Gasteiger partial charge on any atom is -0.330 e. The number of hydrogen-bond acceptors (Lipinski definition) is 4. The predicted molar refractivity (Wildman–Crippen MR) is 87.9 cm³/mol. The lowest BCUT2D eigenvalue weighted by atomic mass is 9.99. The Labute approximate surface area is 130 Å². The Morgan fingerprint density at radius 3 is 3.05 bits per heavy atom. The van der Waals surface area contributed by atoms with Crippen molar-refractivity contribution in [3.63, 3.8) is 0 Å². The molecule has 0 aromatic carbocycles. The Bertz CT molecular complexity index is 707. The molecule has 1 aliphatic rings. The van der Waals surface area contributed by atoms with Crippen LogP contribution in [0.2, 0.25) is 0 Å². The lowest BCUT2D eigenvalue weighted by molar-refractivity contribution is 0.132. The van der Waals surface area contributed by atoms with Crippen LogP contribution in [0, 0.1) is 6.92 Å². The van der Waals surface area contributed by atoms with Gasteiger partial charge in [-0.1, -0.05) is 12.5 Å². The predicted octanol–water partition coefficient (Wildman–Crippen LogP) is 1.71. The Morgan fingerprint density at radius 2 is 2.23 bits per heavy atom. The van der Waals surface area contributed by atoms with Crippen LogP contribution < -0.4 is 11.3 Å². The zero-order chi connectivity index (χ0) is 15.5. The van der Waals surface area contributed by atoms with Gasteiger partial charge in [-0.15, -0.1) is 0 Å². The van der Waals surface area contributed by atoms with Crippen molar-refractivity contribution >= 4 is 5.65 Å². The summed E-state index contributed by atoms with van der Waals surface area (Å²) in [5.74, 6) is 0. The molecule has 2 N–H and O–H groups in total. The largest absolute Gasteiger partial charge is 0.330 e. The van der Waals surface area contributed by atoms with E-state index in [0.29, 0.717) is 12.6 Å². The van der Waals surface area contributed by atoms with Gasteiger partial charge in [0.1, 0.15) is 5.65 Å². The van der Waals surface area contributed by atoms with E-state index in [4.69, 9.17) is 5.73 Å². The SMILES string of the molecule is Cc1ccc2nc(CN3CCCC[C@H]3CCN)cc(=O)n2c1. The van der Waals surface area contributed by atoms with E-state index in [9.17, 15) is 4.79 Å². The molecule has 0 spiro atoms. The smallest absolute Gasteiger partial charge is 0.258 e. The lowest BCUT2D eigenvalue weighted by Crippen LogP contribution is -2.40. The number of aryl methyl sites for hydroxylation is 1. The maximum atomic E-state index is 12.3. The fourth-order valence-corrected chi connectivity index (χ4v) is 3.33. The van der Waals surface area contributed by atoms with Gasteiger partial charge in [-0.05, 0) is 50.9 Å². The standard InChI is InChI=1S/C17H24N4O/c1-13-5-6-16-19-14(10-17(22)21(16)11-13)12-20-9-3-2-4-15(20)7-8-18/h5-6,10-11,15H,2-4,7-9,12,18H2,1H3/t15-/m0/s1. The fourth-order valence-electron chi connectivity index (χ4n) is 3.33. The molecule has 3 rings (SSSR count). The van der Waals surface area contributed by atoms with Crippen LogP contribution in [0.1, 0.15) is 36.9 Å². The molecule has 118 valence electrons. The number of aromatic nitrogens is 2. The molecule has 0 aliphatic carbocycles. The summed E-state index contributed by atoms with van der Waals surface area (Å²) in [4.78, 5) is 19.4. The summed E-state index contributed by atoms with van der Waals surface area (Å²) in [6.45, 7) is 4.50. The number of fused-ring (bicyclic) bond motifs is 1. The number of piperidine rings is 1. The summed E-state index contributed by atoms with van der Waals surface area (Å²) in [6.07, 6.45) is 6.54. The third-order valence-corrected chi connectivity index (χ3v) is 4.47. The van der Waals surface area contributed by atoms with Crippen LogP contribution in [0.15, 0.2) is 29.2 Å². The minimum atomic E-state index is -0.00363. The molecule has 1 saturated heterocycles. The first-order valence-corrected chi connectivity index (χ1v) is 8.10. The van der Waals surface area contributed by atoms with E-state index < -0.39 is 0 Å². The Morgan fingerprint density at radius 1 is 1.36 bits per heavy atom. The van der Waals surface area contributed by atoms with Crippen molar-refractivity contribution in [1.29, 1.82) is 0 Å². The molecule has 1 atom stereocenters. The first-order chi connectivity index (χ1) is 10.7. The molecule has 5 nitrogen and oxygen atoms in total. The van der Waals surface area contributed by atoms with Crippen LogP contribution in [-0.2, 0) is 6.54 Å². The lowest BCUT2D eigenvalue weighted by Gasteiger charge is -2.35. The van der Waals surface area contributed by atoms with E-state index in [1.165, 1.54) is 19.3 Å². The normalized spacial score (nSPS) is 19.6. The zero-order valence-corrected chi connectivity index (χ0v) is 13.2. The molecular formula is C17H24N4O. The van der Waals surface area contributed by atoms with Gasteiger partial charge in [-0.2, -0.15) is 0 Å². The second kappa shape index (κ2) is 6.58. The molecule has 3 heterocycles. The molecule has 5 heteroatoms. The molecule has 0 radical (unpaired) electrons. The third-order valence-electron chi connectivity index (χ3n) is 4.47. The van der Waals surface area contributed by atoms with Crippen molar-refractivity contribution in [1.82, 2.24) is 14.3 Å². The molecule has 0 saturated carbocycles. The van der Waals surface area contributed by atoms with Crippen LogP contribution in [0.4, 0.5) is 0 Å². The summed E-state index contributed by atoms with van der Waals surface area (Å²) in [5.41, 5.74) is 8.37. The summed E-state index contributed by atoms with van der Waals surface area (Å²) in [5, 5.41) is 0. The van der Waals surface area contributed by atoms with Crippen molar-refractivity contribution in [3.8, 4) is 0 Å². The first-order valence-electron chi connectivity index (χ1n) is 8.10. The fraction of sp³-hybridized carbons (Fsp3) is 0.529.